The molecule has 1 radical (unpaired) electrons. The highest BCUT2D eigenvalue weighted by Crippen LogP contribution is 2.18. The Morgan fingerprint density at radius 1 is 1.11 bits per heavy atom. The first-order valence-electron chi connectivity index (χ1n) is 6.40. The summed E-state index contributed by atoms with van der Waals surface area (Å²) >= 11 is 3.36. The first-order valence-corrected chi connectivity index (χ1v) is 7.53. The summed E-state index contributed by atoms with van der Waals surface area (Å²) in [6.07, 6.45) is 1.80. The monoisotopic (exact) mass is 311 g/mol. The molecule has 1 aromatic carbocycles. The fourth-order valence-corrected chi connectivity index (χ4v) is 2.18. The smallest absolute Gasteiger partial charge is 0.101 e. The van der Waals surface area contributed by atoms with Crippen molar-refractivity contribution in [1.29, 1.82) is 0 Å². The maximum Gasteiger partial charge on any atom is 0.101 e. The van der Waals surface area contributed by atoms with Gasteiger partial charge in [0.1, 0.15) is 6.61 Å². The average Bonchev–Trinajstić information content (AvgIpc) is 2.37. The highest BCUT2D eigenvalue weighted by molar-refractivity contribution is 9.08. The zero-order valence-electron chi connectivity index (χ0n) is 11.8. The largest absolute Gasteiger partial charge is 0.232 e. The Morgan fingerprint density at radius 3 is 1.83 bits per heavy atom. The maximum absolute atomic E-state index is 10.3. The summed E-state index contributed by atoms with van der Waals surface area (Å²) in [7, 11) is 0. The second-order valence-electron chi connectivity index (χ2n) is 4.80. The summed E-state index contributed by atoms with van der Waals surface area (Å²) in [5, 5.41) is 11.2. The van der Waals surface area contributed by atoms with Gasteiger partial charge in [0.15, 0.2) is 0 Å². The number of rotatable bonds is 4. The Balaban J connectivity index is 0.000000327. The van der Waals surface area contributed by atoms with E-state index < -0.39 is 0 Å². The minimum absolute atomic E-state index is 0.0777. The molecule has 0 aliphatic carbocycles. The Morgan fingerprint density at radius 2 is 1.61 bits per heavy atom. The number of allylic oxidation sites excluding steroid dienone is 1. The van der Waals surface area contributed by atoms with Gasteiger partial charge in [-0.3, -0.25) is 0 Å². The van der Waals surface area contributed by atoms with E-state index in [2.05, 4.69) is 55.8 Å². The van der Waals surface area contributed by atoms with Gasteiger partial charge in [0.25, 0.3) is 0 Å². The van der Waals surface area contributed by atoms with Crippen LogP contribution >= 0.6 is 15.9 Å². The number of hydrogen-bond acceptors (Lipinski definition) is 0. The molecule has 0 spiro atoms. The fourth-order valence-electron chi connectivity index (χ4n) is 1.80. The molecular weight excluding hydrogens is 288 g/mol. The summed E-state index contributed by atoms with van der Waals surface area (Å²) in [6.45, 7) is 8.43. The fraction of sp³-hybridized carbons (Fsp3) is 0.500. The minimum Gasteiger partial charge on any atom is -0.232 e. The van der Waals surface area contributed by atoms with Crippen molar-refractivity contribution in [3.8, 4) is 0 Å². The molecule has 0 aliphatic rings. The molecule has 0 fully saturated rings. The summed E-state index contributed by atoms with van der Waals surface area (Å²) in [5.41, 5.74) is 2.61. The molecule has 18 heavy (non-hydrogen) atoms. The van der Waals surface area contributed by atoms with Crippen molar-refractivity contribution in [3.05, 3.63) is 47.5 Å². The van der Waals surface area contributed by atoms with E-state index in [-0.39, 0.29) is 6.61 Å². The van der Waals surface area contributed by atoms with Crippen LogP contribution in [0.1, 0.15) is 33.3 Å². The molecule has 0 aromatic heterocycles. The van der Waals surface area contributed by atoms with Crippen LogP contribution in [0, 0.1) is 11.8 Å². The number of benzene rings is 1. The Kier molecular flexibility index (Phi) is 9.99. The first-order chi connectivity index (χ1) is 8.52. The quantitative estimate of drug-likeness (QED) is 0.535. The first kappa shape index (κ1) is 17.4. The van der Waals surface area contributed by atoms with Crippen LogP contribution in [0.3, 0.4) is 0 Å². The molecule has 0 N–H and O–H groups in total. The van der Waals surface area contributed by atoms with E-state index in [1.54, 1.807) is 6.08 Å². The van der Waals surface area contributed by atoms with Gasteiger partial charge in [0, 0.05) is 5.33 Å². The molecule has 0 heterocycles. The molecule has 0 saturated carbocycles. The van der Waals surface area contributed by atoms with Crippen molar-refractivity contribution in [1.82, 2.24) is 0 Å². The third-order valence-corrected chi connectivity index (χ3v) is 3.30. The normalized spacial score (nSPS) is 10.0. The second kappa shape index (κ2) is 10.3. The standard InChI is InChI=1S/C9H17O.C7H7Br/c1-7(2)9(5-6-10)8(3)4;8-6-7-4-2-1-3-5-7/h5,7-8H,6H2,1-4H3;1-5H,6H2. The van der Waals surface area contributed by atoms with Gasteiger partial charge in [-0.15, -0.1) is 0 Å². The van der Waals surface area contributed by atoms with Gasteiger partial charge in [-0.1, -0.05) is 85.6 Å². The zero-order valence-corrected chi connectivity index (χ0v) is 13.4. The van der Waals surface area contributed by atoms with Crippen molar-refractivity contribution in [2.45, 2.75) is 33.0 Å². The van der Waals surface area contributed by atoms with E-state index in [9.17, 15) is 5.11 Å². The third-order valence-electron chi connectivity index (χ3n) is 2.65. The lowest BCUT2D eigenvalue weighted by Gasteiger charge is -2.14. The Labute approximate surface area is 120 Å². The molecule has 0 aliphatic heterocycles. The number of alkyl halides is 1. The Hall–Kier alpha value is -0.600. The minimum atomic E-state index is -0.0777. The van der Waals surface area contributed by atoms with E-state index in [4.69, 9.17) is 0 Å². The van der Waals surface area contributed by atoms with Gasteiger partial charge < -0.3 is 0 Å². The lowest BCUT2D eigenvalue weighted by Crippen LogP contribution is -2.02. The van der Waals surface area contributed by atoms with Gasteiger partial charge >= 0.3 is 0 Å². The molecule has 1 rings (SSSR count). The van der Waals surface area contributed by atoms with E-state index in [0.29, 0.717) is 11.8 Å². The van der Waals surface area contributed by atoms with E-state index in [1.807, 2.05) is 18.2 Å². The second-order valence-corrected chi connectivity index (χ2v) is 5.36. The molecular formula is C16H24BrO. The molecule has 0 bridgehead atoms. The van der Waals surface area contributed by atoms with Crippen LogP contribution in [-0.4, -0.2) is 6.61 Å². The highest BCUT2D eigenvalue weighted by atomic mass is 79.9. The van der Waals surface area contributed by atoms with E-state index in [0.717, 1.165) is 5.33 Å². The topological polar surface area (TPSA) is 19.9 Å². The molecule has 1 nitrogen and oxygen atoms in total. The summed E-state index contributed by atoms with van der Waals surface area (Å²) in [4.78, 5) is 0. The van der Waals surface area contributed by atoms with Crippen molar-refractivity contribution >= 4 is 15.9 Å². The van der Waals surface area contributed by atoms with Crippen LogP contribution in [-0.2, 0) is 10.4 Å². The molecule has 2 heteroatoms. The molecule has 101 valence electrons. The van der Waals surface area contributed by atoms with Gasteiger partial charge in [0.2, 0.25) is 0 Å². The van der Waals surface area contributed by atoms with Crippen LogP contribution in [0.4, 0.5) is 0 Å². The predicted octanol–water partition coefficient (Wildman–Crippen LogP) is 5.24. The molecule has 0 amide bonds. The van der Waals surface area contributed by atoms with Crippen molar-refractivity contribution in [2.24, 2.45) is 11.8 Å². The van der Waals surface area contributed by atoms with Crippen LogP contribution < -0.4 is 0 Å². The van der Waals surface area contributed by atoms with E-state index >= 15 is 0 Å². The maximum atomic E-state index is 10.3. The van der Waals surface area contributed by atoms with Gasteiger partial charge in [-0.25, -0.2) is 5.11 Å². The van der Waals surface area contributed by atoms with Gasteiger partial charge in [0.05, 0.1) is 0 Å². The highest BCUT2D eigenvalue weighted by Gasteiger charge is 2.06. The van der Waals surface area contributed by atoms with Crippen molar-refractivity contribution < 1.29 is 5.11 Å². The van der Waals surface area contributed by atoms with Crippen molar-refractivity contribution in [3.63, 3.8) is 0 Å². The lowest BCUT2D eigenvalue weighted by atomic mass is 9.92. The molecule has 0 atom stereocenters. The van der Waals surface area contributed by atoms with Crippen molar-refractivity contribution in [2.75, 3.05) is 6.61 Å². The van der Waals surface area contributed by atoms with Gasteiger partial charge in [-0.05, 0) is 17.4 Å². The van der Waals surface area contributed by atoms with Crippen LogP contribution in [0.5, 0.6) is 0 Å². The number of hydrogen-bond donors (Lipinski definition) is 0. The zero-order chi connectivity index (χ0) is 14.0. The predicted molar refractivity (Wildman–Crippen MR) is 82.4 cm³/mol. The summed E-state index contributed by atoms with van der Waals surface area (Å²) in [5.74, 6) is 1.04. The third kappa shape index (κ3) is 7.67. The lowest BCUT2D eigenvalue weighted by molar-refractivity contribution is 0.230. The summed E-state index contributed by atoms with van der Waals surface area (Å²) in [6, 6.07) is 10.3. The molecule has 0 saturated heterocycles. The average molecular weight is 312 g/mol. The SMILES string of the molecule is BrCc1ccccc1.CC(C)C(=CC[O])C(C)C. The van der Waals surface area contributed by atoms with Crippen LogP contribution in [0.2, 0.25) is 0 Å². The Bertz CT molecular complexity index is 318. The molecule has 1 aromatic rings. The summed E-state index contributed by atoms with van der Waals surface area (Å²) < 4.78 is 0. The van der Waals surface area contributed by atoms with Gasteiger partial charge in [-0.2, -0.15) is 0 Å². The molecule has 0 unspecified atom stereocenters. The number of halogens is 1. The van der Waals surface area contributed by atoms with Crippen LogP contribution in [0.15, 0.2) is 42.0 Å². The van der Waals surface area contributed by atoms with E-state index in [1.165, 1.54) is 11.1 Å². The van der Waals surface area contributed by atoms with Crippen LogP contribution in [0.25, 0.3) is 0 Å².